The fourth-order valence-electron chi connectivity index (χ4n) is 2.99. The molecule has 3 rings (SSSR count). The fraction of sp³-hybridized carbons (Fsp3) is 0.438. The van der Waals surface area contributed by atoms with Crippen LogP contribution in [-0.4, -0.2) is 16.8 Å². The molecule has 0 bridgehead atoms. The van der Waals surface area contributed by atoms with Crippen LogP contribution in [-0.2, 0) is 26.3 Å². The lowest BCUT2D eigenvalue weighted by Crippen LogP contribution is -2.18. The molecule has 0 saturated carbocycles. The summed E-state index contributed by atoms with van der Waals surface area (Å²) in [6.45, 7) is 0. The van der Waals surface area contributed by atoms with Gasteiger partial charge in [0.25, 0.3) is 0 Å². The summed E-state index contributed by atoms with van der Waals surface area (Å²) in [5.74, 6) is 0. The van der Waals surface area contributed by atoms with Crippen molar-refractivity contribution in [3.8, 4) is 0 Å². The molecular formula is C16H21N3. The molecule has 3 heteroatoms. The predicted octanol–water partition coefficient (Wildman–Crippen LogP) is 2.41. The molecule has 1 aliphatic rings. The van der Waals surface area contributed by atoms with Gasteiger partial charge in [-0.2, -0.15) is 5.10 Å². The molecule has 0 spiro atoms. The van der Waals surface area contributed by atoms with Crippen LogP contribution in [0.4, 0.5) is 0 Å². The van der Waals surface area contributed by atoms with Crippen molar-refractivity contribution in [2.24, 2.45) is 7.05 Å². The first-order valence-corrected chi connectivity index (χ1v) is 7.03. The monoisotopic (exact) mass is 255 g/mol. The van der Waals surface area contributed by atoms with Gasteiger partial charge in [-0.25, -0.2) is 0 Å². The van der Waals surface area contributed by atoms with Crippen molar-refractivity contribution >= 4 is 0 Å². The van der Waals surface area contributed by atoms with Gasteiger partial charge in [0.1, 0.15) is 0 Å². The number of hydrogen-bond donors (Lipinski definition) is 1. The second-order valence-corrected chi connectivity index (χ2v) is 5.45. The number of hydrogen-bond acceptors (Lipinski definition) is 2. The Morgan fingerprint density at radius 3 is 2.89 bits per heavy atom. The van der Waals surface area contributed by atoms with Crippen molar-refractivity contribution in [2.45, 2.75) is 31.7 Å². The van der Waals surface area contributed by atoms with Gasteiger partial charge < -0.3 is 5.32 Å². The Balaban J connectivity index is 1.79. The molecule has 1 aromatic heterocycles. The second kappa shape index (κ2) is 5.17. The van der Waals surface area contributed by atoms with Crippen LogP contribution in [0.5, 0.6) is 0 Å². The Hall–Kier alpha value is -1.61. The SMILES string of the molecule is CNC(Cc1ccc2c(c1)CCC2)c1cnn(C)c1. The van der Waals surface area contributed by atoms with E-state index in [-0.39, 0.29) is 0 Å². The van der Waals surface area contributed by atoms with E-state index in [0.29, 0.717) is 6.04 Å². The smallest absolute Gasteiger partial charge is 0.0537 e. The summed E-state index contributed by atoms with van der Waals surface area (Å²) in [6, 6.07) is 7.33. The summed E-state index contributed by atoms with van der Waals surface area (Å²) in [4.78, 5) is 0. The molecule has 0 fully saturated rings. The molecule has 0 radical (unpaired) electrons. The average Bonchev–Trinajstić information content (AvgIpc) is 3.04. The van der Waals surface area contributed by atoms with Crippen molar-refractivity contribution < 1.29 is 0 Å². The van der Waals surface area contributed by atoms with E-state index in [1.165, 1.54) is 30.4 Å². The molecule has 0 aliphatic heterocycles. The number of aromatic nitrogens is 2. The normalized spacial score (nSPS) is 15.5. The first-order chi connectivity index (χ1) is 9.26. The minimum Gasteiger partial charge on any atom is -0.313 e. The van der Waals surface area contributed by atoms with Gasteiger partial charge in [-0.15, -0.1) is 0 Å². The lowest BCUT2D eigenvalue weighted by atomic mass is 9.98. The Labute approximate surface area is 114 Å². The minimum absolute atomic E-state index is 0.341. The summed E-state index contributed by atoms with van der Waals surface area (Å²) in [7, 11) is 3.98. The Morgan fingerprint density at radius 1 is 1.32 bits per heavy atom. The summed E-state index contributed by atoms with van der Waals surface area (Å²) >= 11 is 0. The molecular weight excluding hydrogens is 234 g/mol. The van der Waals surface area contributed by atoms with Crippen molar-refractivity contribution in [1.82, 2.24) is 15.1 Å². The van der Waals surface area contributed by atoms with E-state index in [0.717, 1.165) is 6.42 Å². The number of nitrogens with one attached hydrogen (secondary N) is 1. The first kappa shape index (κ1) is 12.4. The summed E-state index contributed by atoms with van der Waals surface area (Å²) in [6.07, 6.45) is 8.89. The summed E-state index contributed by atoms with van der Waals surface area (Å²) < 4.78 is 1.86. The highest BCUT2D eigenvalue weighted by Crippen LogP contribution is 2.25. The minimum atomic E-state index is 0.341. The van der Waals surface area contributed by atoms with Crippen LogP contribution in [0.25, 0.3) is 0 Å². The second-order valence-electron chi connectivity index (χ2n) is 5.45. The van der Waals surface area contributed by atoms with Gasteiger partial charge >= 0.3 is 0 Å². The molecule has 2 aromatic rings. The molecule has 19 heavy (non-hydrogen) atoms. The van der Waals surface area contributed by atoms with E-state index < -0.39 is 0 Å². The topological polar surface area (TPSA) is 29.9 Å². The molecule has 1 atom stereocenters. The van der Waals surface area contributed by atoms with Crippen LogP contribution in [0.2, 0.25) is 0 Å². The number of aryl methyl sites for hydroxylation is 3. The van der Waals surface area contributed by atoms with Crippen LogP contribution < -0.4 is 5.32 Å². The Bertz CT molecular complexity index is 571. The number of benzene rings is 1. The van der Waals surface area contributed by atoms with E-state index in [1.807, 2.05) is 25.0 Å². The maximum Gasteiger partial charge on any atom is 0.0537 e. The van der Waals surface area contributed by atoms with Crippen LogP contribution in [0.15, 0.2) is 30.6 Å². The van der Waals surface area contributed by atoms with E-state index >= 15 is 0 Å². The molecule has 1 unspecified atom stereocenters. The number of fused-ring (bicyclic) bond motifs is 1. The third-order valence-electron chi connectivity index (χ3n) is 4.08. The zero-order chi connectivity index (χ0) is 13.2. The molecule has 3 nitrogen and oxygen atoms in total. The van der Waals surface area contributed by atoms with Gasteiger partial charge in [0.15, 0.2) is 0 Å². The molecule has 100 valence electrons. The molecule has 1 heterocycles. The van der Waals surface area contributed by atoms with Crippen LogP contribution in [0.1, 0.15) is 34.7 Å². The van der Waals surface area contributed by atoms with Gasteiger partial charge in [-0.05, 0) is 49.4 Å². The average molecular weight is 255 g/mol. The Kier molecular flexibility index (Phi) is 3.38. The maximum atomic E-state index is 4.26. The predicted molar refractivity (Wildman–Crippen MR) is 77.2 cm³/mol. The lowest BCUT2D eigenvalue weighted by molar-refractivity contribution is 0.591. The highest BCUT2D eigenvalue weighted by molar-refractivity contribution is 5.36. The highest BCUT2D eigenvalue weighted by Gasteiger charge is 2.15. The molecule has 1 aromatic carbocycles. The fourth-order valence-corrected chi connectivity index (χ4v) is 2.99. The van der Waals surface area contributed by atoms with E-state index in [1.54, 1.807) is 11.1 Å². The van der Waals surface area contributed by atoms with Crippen LogP contribution in [0, 0.1) is 0 Å². The van der Waals surface area contributed by atoms with E-state index in [2.05, 4.69) is 34.8 Å². The van der Waals surface area contributed by atoms with Crippen LogP contribution >= 0.6 is 0 Å². The van der Waals surface area contributed by atoms with Crippen LogP contribution in [0.3, 0.4) is 0 Å². The van der Waals surface area contributed by atoms with Gasteiger partial charge in [0, 0.05) is 24.8 Å². The lowest BCUT2D eigenvalue weighted by Gasteiger charge is -2.15. The van der Waals surface area contributed by atoms with Gasteiger partial charge in [-0.3, -0.25) is 4.68 Å². The Morgan fingerprint density at radius 2 is 2.16 bits per heavy atom. The quantitative estimate of drug-likeness (QED) is 0.909. The standard InChI is InChI=1S/C16H21N3/c1-17-16(15-10-18-19(2)11-15)9-12-6-7-13-4-3-5-14(13)8-12/h6-8,10-11,16-17H,3-5,9H2,1-2H3. The molecule has 1 N–H and O–H groups in total. The third-order valence-corrected chi connectivity index (χ3v) is 4.08. The highest BCUT2D eigenvalue weighted by atomic mass is 15.2. The summed E-state index contributed by atoms with van der Waals surface area (Å²) in [5.41, 5.74) is 5.78. The molecule has 1 aliphatic carbocycles. The third kappa shape index (κ3) is 2.56. The zero-order valence-corrected chi connectivity index (χ0v) is 11.7. The largest absolute Gasteiger partial charge is 0.313 e. The van der Waals surface area contributed by atoms with E-state index in [4.69, 9.17) is 0 Å². The van der Waals surface area contributed by atoms with Crippen molar-refractivity contribution in [1.29, 1.82) is 0 Å². The number of rotatable bonds is 4. The van der Waals surface area contributed by atoms with Gasteiger partial charge in [0.05, 0.1) is 6.20 Å². The molecule has 0 saturated heterocycles. The molecule has 0 amide bonds. The van der Waals surface area contributed by atoms with E-state index in [9.17, 15) is 0 Å². The van der Waals surface area contributed by atoms with Crippen molar-refractivity contribution in [3.63, 3.8) is 0 Å². The number of likely N-dealkylation sites (N-methyl/N-ethyl adjacent to an activating group) is 1. The van der Waals surface area contributed by atoms with Crippen molar-refractivity contribution in [2.75, 3.05) is 7.05 Å². The van der Waals surface area contributed by atoms with Crippen molar-refractivity contribution in [3.05, 3.63) is 52.8 Å². The summed E-state index contributed by atoms with van der Waals surface area (Å²) in [5, 5.41) is 7.66. The zero-order valence-electron chi connectivity index (χ0n) is 11.7. The number of nitrogens with zero attached hydrogens (tertiary/aromatic N) is 2. The first-order valence-electron chi connectivity index (χ1n) is 7.03. The van der Waals surface area contributed by atoms with Gasteiger partial charge in [0.2, 0.25) is 0 Å². The maximum absolute atomic E-state index is 4.26. The van der Waals surface area contributed by atoms with Gasteiger partial charge in [-0.1, -0.05) is 18.2 Å².